The van der Waals surface area contributed by atoms with Crippen LogP contribution in [0.15, 0.2) is 18.3 Å². The van der Waals surface area contributed by atoms with E-state index in [-0.39, 0.29) is 0 Å². The Bertz CT molecular complexity index is 588. The number of hydrogen-bond donors (Lipinski definition) is 2. The summed E-state index contributed by atoms with van der Waals surface area (Å²) in [5.74, 6) is 0.894. The van der Waals surface area contributed by atoms with Crippen molar-refractivity contribution in [3.05, 3.63) is 33.8 Å². The number of aliphatic hydroxyl groups is 1. The van der Waals surface area contributed by atoms with Gasteiger partial charge in [-0.25, -0.2) is 4.98 Å². The summed E-state index contributed by atoms with van der Waals surface area (Å²) in [6.45, 7) is 0. The number of aliphatic hydroxyl groups excluding tert-OH is 1. The van der Waals surface area contributed by atoms with E-state index in [1.54, 1.807) is 12.1 Å². The maximum Gasteiger partial charge on any atom is 0.180 e. The van der Waals surface area contributed by atoms with Gasteiger partial charge in [-0.3, -0.25) is 0 Å². The normalized spacial score (nSPS) is 12.2. The lowest BCUT2D eigenvalue weighted by Gasteiger charge is -2.15. The van der Waals surface area contributed by atoms with E-state index >= 15 is 0 Å². The van der Waals surface area contributed by atoms with Gasteiger partial charge < -0.3 is 20.3 Å². The van der Waals surface area contributed by atoms with Crippen LogP contribution in [0, 0.1) is 0 Å². The Hall–Kier alpha value is -1.50. The third kappa shape index (κ3) is 2.60. The maximum absolute atomic E-state index is 10.3. The van der Waals surface area contributed by atoms with E-state index in [0.717, 1.165) is 0 Å². The van der Waals surface area contributed by atoms with Crippen molar-refractivity contribution in [3.63, 3.8) is 0 Å². The Morgan fingerprint density at radius 3 is 2.63 bits per heavy atom. The van der Waals surface area contributed by atoms with Crippen molar-refractivity contribution in [3.8, 4) is 11.5 Å². The van der Waals surface area contributed by atoms with Gasteiger partial charge in [-0.2, -0.15) is 0 Å². The number of methoxy groups -OCH3 is 2. The zero-order chi connectivity index (χ0) is 14.0. The van der Waals surface area contributed by atoms with Gasteiger partial charge in [0.1, 0.15) is 6.10 Å². The monoisotopic (exact) mass is 300 g/mol. The number of ether oxygens (including phenoxy) is 2. The second-order valence-electron chi connectivity index (χ2n) is 3.71. The van der Waals surface area contributed by atoms with Crippen LogP contribution in [0.25, 0.3) is 0 Å². The molecule has 0 aliphatic heterocycles. The van der Waals surface area contributed by atoms with E-state index in [1.807, 2.05) is 0 Å². The first kappa shape index (κ1) is 13.9. The fraction of sp³-hybridized carbons (Fsp3) is 0.250. The molecule has 1 aromatic carbocycles. The predicted molar refractivity (Wildman–Crippen MR) is 75.1 cm³/mol. The number of nitrogen functional groups attached to an aromatic ring is 1. The molecule has 7 heteroatoms. The number of thiazole rings is 1. The number of rotatable bonds is 4. The van der Waals surface area contributed by atoms with Crippen molar-refractivity contribution in [1.29, 1.82) is 0 Å². The summed E-state index contributed by atoms with van der Waals surface area (Å²) in [6, 6.07) is 3.37. The Morgan fingerprint density at radius 1 is 1.37 bits per heavy atom. The molecule has 0 aliphatic rings. The Labute approximate surface area is 119 Å². The molecule has 2 rings (SSSR count). The molecule has 19 heavy (non-hydrogen) atoms. The lowest BCUT2D eigenvalue weighted by Crippen LogP contribution is -2.01. The van der Waals surface area contributed by atoms with Crippen molar-refractivity contribution in [1.82, 2.24) is 4.98 Å². The van der Waals surface area contributed by atoms with Crippen LogP contribution in [0.1, 0.15) is 16.5 Å². The molecule has 1 heterocycles. The second kappa shape index (κ2) is 5.64. The lowest BCUT2D eigenvalue weighted by atomic mass is 10.1. The van der Waals surface area contributed by atoms with Gasteiger partial charge in [0.2, 0.25) is 0 Å². The van der Waals surface area contributed by atoms with Crippen LogP contribution in [-0.2, 0) is 0 Å². The summed E-state index contributed by atoms with van der Waals surface area (Å²) < 4.78 is 10.3. The van der Waals surface area contributed by atoms with E-state index in [0.29, 0.717) is 32.1 Å². The first-order valence-electron chi connectivity index (χ1n) is 5.38. The standard InChI is InChI=1S/C12H13ClN2O3S/c1-17-7-4-3-6(9(13)11(7)18-2)10(16)8-5-15-12(14)19-8/h3-5,10,16H,1-2H3,(H2,14,15). The number of anilines is 1. The SMILES string of the molecule is COc1ccc(C(O)c2cnc(N)s2)c(Cl)c1OC. The summed E-state index contributed by atoms with van der Waals surface area (Å²) in [7, 11) is 3.01. The highest BCUT2D eigenvalue weighted by molar-refractivity contribution is 7.15. The highest BCUT2D eigenvalue weighted by Crippen LogP contribution is 2.41. The van der Waals surface area contributed by atoms with E-state index in [4.69, 9.17) is 26.8 Å². The quantitative estimate of drug-likeness (QED) is 0.907. The van der Waals surface area contributed by atoms with E-state index in [9.17, 15) is 5.11 Å². The van der Waals surface area contributed by atoms with Gasteiger partial charge in [0.15, 0.2) is 16.6 Å². The molecule has 3 N–H and O–H groups in total. The molecule has 2 aromatic rings. The van der Waals surface area contributed by atoms with Gasteiger partial charge in [0, 0.05) is 11.8 Å². The molecule has 1 atom stereocenters. The molecule has 5 nitrogen and oxygen atoms in total. The minimum Gasteiger partial charge on any atom is -0.493 e. The molecule has 0 saturated heterocycles. The molecule has 0 radical (unpaired) electrons. The van der Waals surface area contributed by atoms with Gasteiger partial charge in [-0.15, -0.1) is 0 Å². The number of benzene rings is 1. The predicted octanol–water partition coefficient (Wildman–Crippen LogP) is 2.48. The molecule has 0 spiro atoms. The molecule has 1 unspecified atom stereocenters. The molecule has 0 bridgehead atoms. The van der Waals surface area contributed by atoms with Crippen LogP contribution in [-0.4, -0.2) is 24.3 Å². The number of nitrogens with zero attached hydrogens (tertiary/aromatic N) is 1. The van der Waals surface area contributed by atoms with Gasteiger partial charge in [0.25, 0.3) is 0 Å². The van der Waals surface area contributed by atoms with Crippen molar-refractivity contribution < 1.29 is 14.6 Å². The van der Waals surface area contributed by atoms with Gasteiger partial charge in [-0.1, -0.05) is 29.0 Å². The van der Waals surface area contributed by atoms with Gasteiger partial charge in [0.05, 0.1) is 24.1 Å². The Balaban J connectivity index is 2.45. The highest BCUT2D eigenvalue weighted by atomic mass is 35.5. The summed E-state index contributed by atoms with van der Waals surface area (Å²) in [5.41, 5.74) is 6.07. The average molecular weight is 301 g/mol. The topological polar surface area (TPSA) is 77.6 Å². The van der Waals surface area contributed by atoms with Crippen molar-refractivity contribution in [2.45, 2.75) is 6.10 Å². The minimum absolute atomic E-state index is 0.307. The van der Waals surface area contributed by atoms with Crippen LogP contribution in [0.5, 0.6) is 11.5 Å². The number of nitrogens with two attached hydrogens (primary N) is 1. The number of hydrogen-bond acceptors (Lipinski definition) is 6. The summed E-state index contributed by atoms with van der Waals surface area (Å²) >= 11 is 7.44. The fourth-order valence-electron chi connectivity index (χ4n) is 1.70. The Morgan fingerprint density at radius 2 is 2.11 bits per heavy atom. The summed E-state index contributed by atoms with van der Waals surface area (Å²) in [5, 5.41) is 11.0. The van der Waals surface area contributed by atoms with E-state index < -0.39 is 6.10 Å². The second-order valence-corrected chi connectivity index (χ2v) is 5.18. The van der Waals surface area contributed by atoms with Crippen LogP contribution in [0.3, 0.4) is 0 Å². The van der Waals surface area contributed by atoms with E-state index in [1.165, 1.54) is 31.8 Å². The number of halogens is 1. The van der Waals surface area contributed by atoms with Crippen LogP contribution in [0.4, 0.5) is 5.13 Å². The Kier molecular flexibility index (Phi) is 4.14. The summed E-state index contributed by atoms with van der Waals surface area (Å²) in [6.07, 6.45) is 0.625. The molecule has 102 valence electrons. The maximum atomic E-state index is 10.3. The third-order valence-electron chi connectivity index (χ3n) is 2.62. The first-order chi connectivity index (χ1) is 9.08. The molecule has 0 amide bonds. The number of aromatic nitrogens is 1. The van der Waals surface area contributed by atoms with Gasteiger partial charge in [-0.05, 0) is 6.07 Å². The van der Waals surface area contributed by atoms with Gasteiger partial charge >= 0.3 is 0 Å². The molecule has 1 aromatic heterocycles. The molecular formula is C12H13ClN2O3S. The smallest absolute Gasteiger partial charge is 0.180 e. The van der Waals surface area contributed by atoms with Crippen molar-refractivity contribution in [2.24, 2.45) is 0 Å². The zero-order valence-electron chi connectivity index (χ0n) is 10.4. The van der Waals surface area contributed by atoms with Crippen molar-refractivity contribution in [2.75, 3.05) is 20.0 Å². The largest absolute Gasteiger partial charge is 0.493 e. The third-order valence-corrected chi connectivity index (χ3v) is 3.89. The molecule has 0 aliphatic carbocycles. The lowest BCUT2D eigenvalue weighted by molar-refractivity contribution is 0.223. The van der Waals surface area contributed by atoms with Crippen LogP contribution < -0.4 is 15.2 Å². The highest BCUT2D eigenvalue weighted by Gasteiger charge is 2.21. The fourth-order valence-corrected chi connectivity index (χ4v) is 2.72. The minimum atomic E-state index is -0.901. The van der Waals surface area contributed by atoms with E-state index in [2.05, 4.69) is 4.98 Å². The molecule has 0 fully saturated rings. The van der Waals surface area contributed by atoms with Crippen LogP contribution >= 0.6 is 22.9 Å². The summed E-state index contributed by atoms with van der Waals surface area (Å²) in [4.78, 5) is 4.52. The van der Waals surface area contributed by atoms with Crippen LogP contribution in [0.2, 0.25) is 5.02 Å². The zero-order valence-corrected chi connectivity index (χ0v) is 12.0. The average Bonchev–Trinajstić information content (AvgIpc) is 2.84. The molecular weight excluding hydrogens is 288 g/mol. The van der Waals surface area contributed by atoms with Crippen molar-refractivity contribution >= 4 is 28.1 Å². The molecule has 0 saturated carbocycles. The first-order valence-corrected chi connectivity index (χ1v) is 6.57.